The minimum Gasteiger partial charge on any atom is -0.507 e. The van der Waals surface area contributed by atoms with Gasteiger partial charge in [0.1, 0.15) is 22.1 Å². The van der Waals surface area contributed by atoms with Gasteiger partial charge in [-0.25, -0.2) is 13.2 Å². The monoisotopic (exact) mass is 476 g/mol. The minimum absolute atomic E-state index is 0.0687. The average molecular weight is 477 g/mol. The second-order valence-corrected chi connectivity index (χ2v) is 9.92. The molecule has 1 amide bonds. The molecule has 1 aliphatic carbocycles. The van der Waals surface area contributed by atoms with Gasteiger partial charge in [0, 0.05) is 24.8 Å². The fraction of sp³-hybridized carbons (Fsp3) is 0.391. The molecule has 0 aliphatic heterocycles. The molecule has 0 aromatic heterocycles. The largest absolute Gasteiger partial charge is 0.507 e. The fourth-order valence-electron chi connectivity index (χ4n) is 3.55. The molecule has 2 N–H and O–H groups in total. The van der Waals surface area contributed by atoms with Crippen molar-refractivity contribution in [2.24, 2.45) is 0 Å². The Morgan fingerprint density at radius 3 is 2.33 bits per heavy atom. The zero-order chi connectivity index (χ0) is 24.3. The van der Waals surface area contributed by atoms with Gasteiger partial charge in [-0.1, -0.05) is 6.42 Å². The van der Waals surface area contributed by atoms with E-state index in [0.29, 0.717) is 22.6 Å². The molecule has 1 fully saturated rings. The first kappa shape index (κ1) is 24.5. The van der Waals surface area contributed by atoms with Gasteiger partial charge in [0.05, 0.1) is 6.61 Å². The molecular weight excluding hydrogens is 448 g/mol. The summed E-state index contributed by atoms with van der Waals surface area (Å²) < 4.78 is 38.0. The smallest absolute Gasteiger partial charge is 0.397 e. The minimum atomic E-state index is -3.89. The third-order valence-electron chi connectivity index (χ3n) is 5.58. The highest BCUT2D eigenvalue weighted by molar-refractivity contribution is 7.89. The van der Waals surface area contributed by atoms with Gasteiger partial charge in [0.2, 0.25) is 10.0 Å². The van der Waals surface area contributed by atoms with Crippen molar-refractivity contribution >= 4 is 27.6 Å². The number of nitrogens with zero attached hydrogens (tertiary/aromatic N) is 1. The second kappa shape index (κ2) is 9.80. The number of nitrogens with one attached hydrogen (secondary N) is 1. The Morgan fingerprint density at radius 2 is 1.79 bits per heavy atom. The average Bonchev–Trinajstić information content (AvgIpc) is 2.70. The standard InChI is InChI=1S/C23H28N2O7S/c1-5-31-23(28)22(27)24-16-11-14(2)21(15(3)12-16)32-18-9-10-19(26)20(13-18)33(29,30)25(4)17-7-6-8-17/h9-13,17,26H,5-8H2,1-4H3,(H,24,27). The number of hydrogen-bond donors (Lipinski definition) is 2. The molecule has 33 heavy (non-hydrogen) atoms. The Morgan fingerprint density at radius 1 is 1.15 bits per heavy atom. The van der Waals surface area contributed by atoms with Gasteiger partial charge in [-0.15, -0.1) is 0 Å². The van der Waals surface area contributed by atoms with E-state index in [1.165, 1.54) is 29.6 Å². The summed E-state index contributed by atoms with van der Waals surface area (Å²) in [7, 11) is -2.37. The number of anilines is 1. The number of hydrogen-bond acceptors (Lipinski definition) is 7. The maximum atomic E-state index is 13.0. The predicted octanol–water partition coefficient (Wildman–Crippen LogP) is 3.48. The number of rotatable bonds is 7. The summed E-state index contributed by atoms with van der Waals surface area (Å²) >= 11 is 0. The third kappa shape index (κ3) is 5.28. The molecular formula is C23H28N2O7S. The van der Waals surface area contributed by atoms with E-state index in [1.807, 2.05) is 0 Å². The van der Waals surface area contributed by atoms with Crippen molar-refractivity contribution in [2.75, 3.05) is 19.0 Å². The van der Waals surface area contributed by atoms with Crippen molar-refractivity contribution in [3.8, 4) is 17.2 Å². The van der Waals surface area contributed by atoms with Gasteiger partial charge in [0.25, 0.3) is 0 Å². The number of amides is 1. The first-order valence-electron chi connectivity index (χ1n) is 10.6. The van der Waals surface area contributed by atoms with E-state index >= 15 is 0 Å². The number of carbonyl (C=O) groups excluding carboxylic acids is 2. The lowest BCUT2D eigenvalue weighted by Crippen LogP contribution is -2.41. The maximum Gasteiger partial charge on any atom is 0.397 e. The summed E-state index contributed by atoms with van der Waals surface area (Å²) in [6, 6.07) is 7.25. The van der Waals surface area contributed by atoms with Gasteiger partial charge in [-0.05, 0) is 69.0 Å². The number of esters is 1. The molecule has 3 rings (SSSR count). The van der Waals surface area contributed by atoms with Crippen molar-refractivity contribution < 1.29 is 32.6 Å². The summed E-state index contributed by atoms with van der Waals surface area (Å²) in [6.45, 7) is 5.21. The quantitative estimate of drug-likeness (QED) is 0.463. The van der Waals surface area contributed by atoms with Crippen LogP contribution in [0.25, 0.3) is 0 Å². The van der Waals surface area contributed by atoms with Crippen LogP contribution in [0.4, 0.5) is 5.69 Å². The fourth-order valence-corrected chi connectivity index (χ4v) is 5.06. The highest BCUT2D eigenvalue weighted by Crippen LogP contribution is 2.37. The Bertz CT molecular complexity index is 1150. The lowest BCUT2D eigenvalue weighted by Gasteiger charge is -2.33. The molecule has 1 saturated carbocycles. The van der Waals surface area contributed by atoms with Gasteiger partial charge >= 0.3 is 11.9 Å². The number of sulfonamides is 1. The molecule has 0 atom stereocenters. The first-order valence-corrected chi connectivity index (χ1v) is 12.1. The van der Waals surface area contributed by atoms with Crippen molar-refractivity contribution in [3.63, 3.8) is 0 Å². The Balaban J connectivity index is 1.84. The van der Waals surface area contributed by atoms with E-state index in [0.717, 1.165) is 19.3 Å². The number of phenolic OH excluding ortho intramolecular Hbond substituents is 1. The molecule has 0 spiro atoms. The van der Waals surface area contributed by atoms with Gasteiger partial charge in [-0.3, -0.25) is 4.79 Å². The lowest BCUT2D eigenvalue weighted by atomic mass is 9.94. The van der Waals surface area contributed by atoms with E-state index in [2.05, 4.69) is 10.1 Å². The van der Waals surface area contributed by atoms with Crippen molar-refractivity contribution in [1.82, 2.24) is 4.31 Å². The summed E-state index contributed by atoms with van der Waals surface area (Å²) in [4.78, 5) is 23.2. The van der Waals surface area contributed by atoms with Crippen LogP contribution in [0, 0.1) is 13.8 Å². The molecule has 0 saturated heterocycles. The number of carbonyl (C=O) groups is 2. The molecule has 0 radical (unpaired) electrons. The Labute approximate surface area is 193 Å². The van der Waals surface area contributed by atoms with E-state index in [9.17, 15) is 23.1 Å². The topological polar surface area (TPSA) is 122 Å². The van der Waals surface area contributed by atoms with Crippen LogP contribution in [0.2, 0.25) is 0 Å². The summed E-state index contributed by atoms with van der Waals surface area (Å²) in [5, 5.41) is 12.7. The highest BCUT2D eigenvalue weighted by Gasteiger charge is 2.33. The van der Waals surface area contributed by atoms with E-state index in [4.69, 9.17) is 4.74 Å². The van der Waals surface area contributed by atoms with E-state index in [1.54, 1.807) is 32.9 Å². The van der Waals surface area contributed by atoms with Crippen molar-refractivity contribution in [2.45, 2.75) is 51.0 Å². The lowest BCUT2D eigenvalue weighted by molar-refractivity contribution is -0.152. The predicted molar refractivity (Wildman–Crippen MR) is 122 cm³/mol. The van der Waals surface area contributed by atoms with Crippen LogP contribution in [0.5, 0.6) is 17.2 Å². The molecule has 2 aromatic rings. The number of aryl methyl sites for hydroxylation is 2. The van der Waals surface area contributed by atoms with E-state index < -0.39 is 21.9 Å². The number of aromatic hydroxyl groups is 1. The molecule has 0 unspecified atom stereocenters. The van der Waals surface area contributed by atoms with Gasteiger partial charge in [0.15, 0.2) is 0 Å². The zero-order valence-corrected chi connectivity index (χ0v) is 19.9. The van der Waals surface area contributed by atoms with Crippen LogP contribution >= 0.6 is 0 Å². The summed E-state index contributed by atoms with van der Waals surface area (Å²) in [5.74, 6) is -1.50. The van der Waals surface area contributed by atoms with Crippen LogP contribution in [-0.2, 0) is 24.3 Å². The van der Waals surface area contributed by atoms with Gasteiger partial charge < -0.3 is 19.9 Å². The van der Waals surface area contributed by atoms with Crippen LogP contribution in [0.1, 0.15) is 37.3 Å². The summed E-state index contributed by atoms with van der Waals surface area (Å²) in [6.07, 6.45) is 2.57. The van der Waals surface area contributed by atoms with Crippen LogP contribution in [0.3, 0.4) is 0 Å². The molecule has 0 heterocycles. The third-order valence-corrected chi connectivity index (χ3v) is 7.52. The molecule has 2 aromatic carbocycles. The van der Waals surface area contributed by atoms with Crippen LogP contribution in [0.15, 0.2) is 35.2 Å². The van der Waals surface area contributed by atoms with Crippen molar-refractivity contribution in [3.05, 3.63) is 41.5 Å². The van der Waals surface area contributed by atoms with E-state index in [-0.39, 0.29) is 29.0 Å². The number of phenols is 1. The SMILES string of the molecule is CCOC(=O)C(=O)Nc1cc(C)c(Oc2ccc(O)c(S(=O)(=O)N(C)C3CCC3)c2)c(C)c1. The maximum absolute atomic E-state index is 13.0. The number of benzene rings is 2. The first-order chi connectivity index (χ1) is 15.5. The molecule has 0 bridgehead atoms. The zero-order valence-electron chi connectivity index (χ0n) is 19.0. The second-order valence-electron chi connectivity index (χ2n) is 7.95. The van der Waals surface area contributed by atoms with Crippen molar-refractivity contribution in [1.29, 1.82) is 0 Å². The summed E-state index contributed by atoms with van der Waals surface area (Å²) in [5.41, 5.74) is 1.70. The van der Waals surface area contributed by atoms with Crippen LogP contribution < -0.4 is 10.1 Å². The molecule has 1 aliphatic rings. The molecule has 10 heteroatoms. The number of ether oxygens (including phenoxy) is 2. The highest BCUT2D eigenvalue weighted by atomic mass is 32.2. The van der Waals surface area contributed by atoms with Gasteiger partial charge in [-0.2, -0.15) is 4.31 Å². The normalized spacial score (nSPS) is 14.0. The van der Waals surface area contributed by atoms with Crippen LogP contribution in [-0.4, -0.2) is 49.4 Å². The molecule has 9 nitrogen and oxygen atoms in total. The Kier molecular flexibility index (Phi) is 7.28. The molecule has 178 valence electrons. The Hall–Kier alpha value is -3.11.